The van der Waals surface area contributed by atoms with Crippen molar-refractivity contribution < 1.29 is 0 Å². The van der Waals surface area contributed by atoms with Crippen LogP contribution in [0.3, 0.4) is 0 Å². The number of benzene rings is 1. The van der Waals surface area contributed by atoms with Crippen molar-refractivity contribution in [2.45, 2.75) is 26.3 Å². The second-order valence-corrected chi connectivity index (χ2v) is 4.17. The normalized spacial score (nSPS) is 11.0. The Balaban J connectivity index is 2.94. The highest BCUT2D eigenvalue weighted by Crippen LogP contribution is 2.20. The Morgan fingerprint density at radius 2 is 1.85 bits per heavy atom. The van der Waals surface area contributed by atoms with Crippen molar-refractivity contribution in [3.8, 4) is 0 Å². The van der Waals surface area contributed by atoms with Crippen LogP contribution in [0.2, 0.25) is 0 Å². The van der Waals surface area contributed by atoms with Gasteiger partial charge in [-0.1, -0.05) is 30.9 Å². The van der Waals surface area contributed by atoms with Gasteiger partial charge in [0, 0.05) is 11.2 Å². The quantitative estimate of drug-likeness (QED) is 0.725. The largest absolute Gasteiger partial charge is 0.380 e. The maximum Gasteiger partial charge on any atom is 0.0417 e. The van der Waals surface area contributed by atoms with E-state index in [4.69, 9.17) is 0 Å². The Hall–Kier alpha value is -1.24. The highest BCUT2D eigenvalue weighted by Gasteiger charge is 2.10. The molecule has 70 valence electrons. The van der Waals surface area contributed by atoms with E-state index in [2.05, 4.69) is 44.8 Å². The summed E-state index contributed by atoms with van der Waals surface area (Å²) in [7, 11) is 0. The second kappa shape index (κ2) is 3.65. The van der Waals surface area contributed by atoms with Crippen LogP contribution in [0.4, 0.5) is 5.69 Å². The minimum Gasteiger partial charge on any atom is -0.380 e. The predicted octanol–water partition coefficient (Wildman–Crippen LogP) is 3.54. The average Bonchev–Trinajstić information content (AvgIpc) is 2.02. The predicted molar refractivity (Wildman–Crippen MR) is 59.9 cm³/mol. The number of anilines is 1. The van der Waals surface area contributed by atoms with Crippen LogP contribution in [0.25, 0.3) is 6.08 Å². The standard InChI is InChI=1S/C12H17N/c1-5-10-8-6-7-9-11(10)13-12(2,3)4/h5-9,13H,1H2,2-4H3. The van der Waals surface area contributed by atoms with Gasteiger partial charge in [-0.25, -0.2) is 0 Å². The highest BCUT2D eigenvalue weighted by atomic mass is 14.9. The molecule has 0 atom stereocenters. The zero-order valence-electron chi connectivity index (χ0n) is 8.59. The number of rotatable bonds is 2. The summed E-state index contributed by atoms with van der Waals surface area (Å²) in [5.74, 6) is 0. The van der Waals surface area contributed by atoms with Crippen LogP contribution in [0.5, 0.6) is 0 Å². The zero-order chi connectivity index (χ0) is 9.90. The molecule has 0 fully saturated rings. The van der Waals surface area contributed by atoms with Crippen molar-refractivity contribution in [2.75, 3.05) is 5.32 Å². The summed E-state index contributed by atoms with van der Waals surface area (Å²) in [5.41, 5.74) is 2.39. The maximum atomic E-state index is 3.78. The molecule has 0 aliphatic rings. The lowest BCUT2D eigenvalue weighted by atomic mass is 10.1. The minimum absolute atomic E-state index is 0.0963. The van der Waals surface area contributed by atoms with Crippen LogP contribution < -0.4 is 5.32 Å². The van der Waals surface area contributed by atoms with Gasteiger partial charge >= 0.3 is 0 Å². The SMILES string of the molecule is C=Cc1ccccc1NC(C)(C)C. The smallest absolute Gasteiger partial charge is 0.0417 e. The van der Waals surface area contributed by atoms with E-state index in [0.29, 0.717) is 0 Å². The van der Waals surface area contributed by atoms with Gasteiger partial charge in [0.25, 0.3) is 0 Å². The molecule has 1 aromatic carbocycles. The number of nitrogens with one attached hydrogen (secondary N) is 1. The van der Waals surface area contributed by atoms with Gasteiger partial charge in [-0.3, -0.25) is 0 Å². The van der Waals surface area contributed by atoms with Gasteiger partial charge in [0.15, 0.2) is 0 Å². The fourth-order valence-electron chi connectivity index (χ4n) is 1.19. The van der Waals surface area contributed by atoms with Gasteiger partial charge < -0.3 is 5.32 Å². The summed E-state index contributed by atoms with van der Waals surface area (Å²) in [6, 6.07) is 8.18. The second-order valence-electron chi connectivity index (χ2n) is 4.17. The van der Waals surface area contributed by atoms with E-state index in [-0.39, 0.29) is 5.54 Å². The molecule has 1 nitrogen and oxygen atoms in total. The molecule has 13 heavy (non-hydrogen) atoms. The molecular weight excluding hydrogens is 158 g/mol. The Kier molecular flexibility index (Phi) is 2.76. The maximum absolute atomic E-state index is 3.78. The van der Waals surface area contributed by atoms with E-state index in [1.807, 2.05) is 18.2 Å². The number of para-hydroxylation sites is 1. The molecule has 0 aromatic heterocycles. The average molecular weight is 175 g/mol. The van der Waals surface area contributed by atoms with Crippen LogP contribution in [0.15, 0.2) is 30.8 Å². The first-order valence-electron chi connectivity index (χ1n) is 4.52. The molecule has 0 radical (unpaired) electrons. The monoisotopic (exact) mass is 175 g/mol. The van der Waals surface area contributed by atoms with Crippen molar-refractivity contribution in [1.82, 2.24) is 0 Å². The summed E-state index contributed by atoms with van der Waals surface area (Å²) >= 11 is 0. The van der Waals surface area contributed by atoms with Crippen LogP contribution >= 0.6 is 0 Å². The van der Waals surface area contributed by atoms with Crippen LogP contribution in [-0.4, -0.2) is 5.54 Å². The lowest BCUT2D eigenvalue weighted by Crippen LogP contribution is -2.26. The first-order chi connectivity index (χ1) is 6.03. The third-order valence-corrected chi connectivity index (χ3v) is 1.69. The molecule has 0 amide bonds. The molecule has 0 saturated heterocycles. The molecular formula is C12H17N. The summed E-state index contributed by atoms with van der Waals surface area (Å²) < 4.78 is 0. The van der Waals surface area contributed by atoms with E-state index in [1.165, 1.54) is 0 Å². The van der Waals surface area contributed by atoms with Gasteiger partial charge in [-0.05, 0) is 32.4 Å². The van der Waals surface area contributed by atoms with Gasteiger partial charge in [0.2, 0.25) is 0 Å². The van der Waals surface area contributed by atoms with Crippen molar-refractivity contribution in [3.05, 3.63) is 36.4 Å². The lowest BCUT2D eigenvalue weighted by molar-refractivity contribution is 0.634. The Morgan fingerprint density at radius 3 is 2.38 bits per heavy atom. The lowest BCUT2D eigenvalue weighted by Gasteiger charge is -2.23. The van der Waals surface area contributed by atoms with Crippen LogP contribution in [0, 0.1) is 0 Å². The zero-order valence-corrected chi connectivity index (χ0v) is 8.59. The third kappa shape index (κ3) is 2.94. The topological polar surface area (TPSA) is 12.0 Å². The van der Waals surface area contributed by atoms with Crippen molar-refractivity contribution >= 4 is 11.8 Å². The molecule has 0 heterocycles. The van der Waals surface area contributed by atoms with E-state index in [1.54, 1.807) is 0 Å². The molecule has 0 saturated carbocycles. The fourth-order valence-corrected chi connectivity index (χ4v) is 1.19. The summed E-state index contributed by atoms with van der Waals surface area (Å²) in [4.78, 5) is 0. The number of hydrogen-bond donors (Lipinski definition) is 1. The van der Waals surface area contributed by atoms with Gasteiger partial charge in [0.05, 0.1) is 0 Å². The van der Waals surface area contributed by atoms with Crippen LogP contribution in [-0.2, 0) is 0 Å². The van der Waals surface area contributed by atoms with Crippen molar-refractivity contribution in [3.63, 3.8) is 0 Å². The molecule has 1 rings (SSSR count). The molecule has 1 heteroatoms. The Labute approximate surface area is 80.5 Å². The third-order valence-electron chi connectivity index (χ3n) is 1.69. The molecule has 0 unspecified atom stereocenters. The number of hydrogen-bond acceptors (Lipinski definition) is 1. The summed E-state index contributed by atoms with van der Waals surface area (Å²) in [5, 5.41) is 3.43. The Bertz CT molecular complexity index is 294. The highest BCUT2D eigenvalue weighted by molar-refractivity contribution is 5.66. The molecule has 0 spiro atoms. The summed E-state index contributed by atoms with van der Waals surface area (Å²) in [6.07, 6.45) is 1.87. The minimum atomic E-state index is 0.0963. The molecule has 1 N–H and O–H groups in total. The van der Waals surface area contributed by atoms with E-state index in [0.717, 1.165) is 11.3 Å². The van der Waals surface area contributed by atoms with Crippen molar-refractivity contribution in [1.29, 1.82) is 0 Å². The van der Waals surface area contributed by atoms with Crippen molar-refractivity contribution in [2.24, 2.45) is 0 Å². The van der Waals surface area contributed by atoms with Crippen LogP contribution in [0.1, 0.15) is 26.3 Å². The summed E-state index contributed by atoms with van der Waals surface area (Å²) in [6.45, 7) is 10.2. The van der Waals surface area contributed by atoms with Gasteiger partial charge in [0.1, 0.15) is 0 Å². The van der Waals surface area contributed by atoms with E-state index >= 15 is 0 Å². The first-order valence-corrected chi connectivity index (χ1v) is 4.52. The molecule has 1 aromatic rings. The first kappa shape index (κ1) is 9.85. The molecule has 0 aliphatic carbocycles. The molecule has 0 aliphatic heterocycles. The van der Waals surface area contributed by atoms with Gasteiger partial charge in [-0.15, -0.1) is 0 Å². The van der Waals surface area contributed by atoms with Gasteiger partial charge in [-0.2, -0.15) is 0 Å². The molecule has 0 bridgehead atoms. The Morgan fingerprint density at radius 1 is 1.23 bits per heavy atom. The van der Waals surface area contributed by atoms with E-state index in [9.17, 15) is 0 Å². The fraction of sp³-hybridized carbons (Fsp3) is 0.333. The van der Waals surface area contributed by atoms with E-state index < -0.39 is 0 Å².